The van der Waals surface area contributed by atoms with Gasteiger partial charge in [-0.2, -0.15) is 0 Å². The van der Waals surface area contributed by atoms with Crippen molar-refractivity contribution in [1.82, 2.24) is 5.32 Å². The molecule has 0 aliphatic heterocycles. The molecule has 4 nitrogen and oxygen atoms in total. The quantitative estimate of drug-likeness (QED) is 0.699. The summed E-state index contributed by atoms with van der Waals surface area (Å²) in [5, 5.41) is 11.6. The van der Waals surface area contributed by atoms with Crippen LogP contribution >= 0.6 is 12.8 Å². The van der Waals surface area contributed by atoms with Crippen molar-refractivity contribution >= 4 is 24.5 Å². The van der Waals surface area contributed by atoms with Gasteiger partial charge in [-0.05, 0) is 26.0 Å². The van der Waals surface area contributed by atoms with Crippen LogP contribution in [0.15, 0.2) is 18.2 Å². The first-order valence-corrected chi connectivity index (χ1v) is 5.10. The number of carbonyl (C=O) groups is 1. The van der Waals surface area contributed by atoms with E-state index >= 15 is 0 Å². The number of benzene rings is 1. The van der Waals surface area contributed by atoms with Crippen LogP contribution in [-0.4, -0.2) is 17.2 Å². The van der Waals surface area contributed by atoms with Crippen LogP contribution in [0.2, 0.25) is 0 Å². The summed E-state index contributed by atoms with van der Waals surface area (Å²) in [5.41, 5.74) is 0.247. The van der Waals surface area contributed by atoms with Crippen molar-refractivity contribution in [3.63, 3.8) is 0 Å². The molecule has 0 bridgehead atoms. The number of nitrogens with one attached hydrogen (secondary N) is 1. The Bertz CT molecular complexity index is 398. The van der Waals surface area contributed by atoms with Crippen molar-refractivity contribution in [3.8, 4) is 5.75 Å². The average molecular weight is 244 g/mol. The summed E-state index contributed by atoms with van der Waals surface area (Å²) in [7, 11) is 0. The molecule has 0 saturated heterocycles. The minimum absolute atomic E-state index is 0.0379. The zero-order chi connectivity index (χ0) is 12.3. The van der Waals surface area contributed by atoms with Gasteiger partial charge in [-0.3, -0.25) is 0 Å². The van der Waals surface area contributed by atoms with Crippen LogP contribution < -0.4 is 9.62 Å². The van der Waals surface area contributed by atoms with Crippen LogP contribution in [0.25, 0.3) is 0 Å². The number of nitrogens with zero attached hydrogens (tertiary/aromatic N) is 1. The average Bonchev–Trinajstić information content (AvgIpc) is 2.20. The number of amides is 2. The number of carbonyl (C=O) groups excluding carboxylic acids is 1. The molecule has 1 aromatic carbocycles. The number of thiol groups is 1. The van der Waals surface area contributed by atoms with E-state index in [-0.39, 0.29) is 11.7 Å². The first-order chi connectivity index (χ1) is 7.41. The molecule has 0 fully saturated rings. The second kappa shape index (κ2) is 5.07. The zero-order valence-corrected chi connectivity index (χ0v) is 9.83. The number of halogens is 1. The number of hydrogen-bond acceptors (Lipinski definition) is 3. The summed E-state index contributed by atoms with van der Waals surface area (Å²) in [6, 6.07) is 3.09. The minimum atomic E-state index is -0.797. The summed E-state index contributed by atoms with van der Waals surface area (Å²) >= 11 is 3.94. The van der Waals surface area contributed by atoms with E-state index in [0.717, 1.165) is 16.4 Å². The summed E-state index contributed by atoms with van der Waals surface area (Å²) in [5.74, 6) is -1.26. The molecule has 0 aromatic heterocycles. The SMILES string of the molecule is CC(C)NC(=O)N(S)c1ccc(O)c(F)c1. The first-order valence-electron chi connectivity index (χ1n) is 4.70. The molecule has 0 aliphatic carbocycles. The normalized spacial score (nSPS) is 10.3. The third kappa shape index (κ3) is 3.03. The van der Waals surface area contributed by atoms with Gasteiger partial charge in [-0.15, -0.1) is 0 Å². The molecule has 2 amide bonds. The molecule has 0 radical (unpaired) electrons. The second-order valence-electron chi connectivity index (χ2n) is 3.55. The third-order valence-corrected chi connectivity index (χ3v) is 2.19. The maximum Gasteiger partial charge on any atom is 0.332 e. The lowest BCUT2D eigenvalue weighted by Gasteiger charge is -2.18. The van der Waals surface area contributed by atoms with E-state index in [1.54, 1.807) is 13.8 Å². The van der Waals surface area contributed by atoms with Crippen molar-refractivity contribution in [3.05, 3.63) is 24.0 Å². The first kappa shape index (κ1) is 12.6. The fourth-order valence-corrected chi connectivity index (χ4v) is 1.24. The topological polar surface area (TPSA) is 52.6 Å². The van der Waals surface area contributed by atoms with E-state index < -0.39 is 17.6 Å². The third-order valence-electron chi connectivity index (χ3n) is 1.78. The van der Waals surface area contributed by atoms with Crippen LogP contribution in [0, 0.1) is 5.82 Å². The minimum Gasteiger partial charge on any atom is -0.505 e. The Kier molecular flexibility index (Phi) is 4.00. The Balaban J connectivity index is 2.83. The molecular weight excluding hydrogens is 231 g/mol. The highest BCUT2D eigenvalue weighted by Crippen LogP contribution is 2.23. The van der Waals surface area contributed by atoms with Crippen LogP contribution in [0.5, 0.6) is 5.75 Å². The zero-order valence-electron chi connectivity index (χ0n) is 8.94. The molecule has 0 saturated carbocycles. The number of rotatable bonds is 2. The van der Waals surface area contributed by atoms with Gasteiger partial charge in [0.25, 0.3) is 0 Å². The largest absolute Gasteiger partial charge is 0.505 e. The Labute approximate surface area is 98.6 Å². The lowest BCUT2D eigenvalue weighted by molar-refractivity contribution is 0.247. The molecule has 1 aromatic rings. The number of urea groups is 1. The molecule has 16 heavy (non-hydrogen) atoms. The number of anilines is 1. The van der Waals surface area contributed by atoms with Crippen molar-refractivity contribution in [1.29, 1.82) is 0 Å². The standard InChI is InChI=1S/C10H13FN2O2S/c1-6(2)12-10(15)13(16)7-3-4-9(14)8(11)5-7/h3-6,14,16H,1-2H3,(H,12,15). The number of phenolic OH excluding ortho intramolecular Hbond substituents is 1. The van der Waals surface area contributed by atoms with Gasteiger partial charge in [-0.1, -0.05) is 12.8 Å². The van der Waals surface area contributed by atoms with Gasteiger partial charge in [0.05, 0.1) is 5.69 Å². The highest BCUT2D eigenvalue weighted by molar-refractivity contribution is 7.82. The van der Waals surface area contributed by atoms with Crippen molar-refractivity contribution in [2.45, 2.75) is 19.9 Å². The lowest BCUT2D eigenvalue weighted by Crippen LogP contribution is -2.38. The molecule has 6 heteroatoms. The van der Waals surface area contributed by atoms with Crippen molar-refractivity contribution in [2.24, 2.45) is 0 Å². The maximum atomic E-state index is 13.0. The molecule has 88 valence electrons. The predicted octanol–water partition coefficient (Wildman–Crippen LogP) is 2.30. The molecule has 2 N–H and O–H groups in total. The fraction of sp³-hybridized carbons (Fsp3) is 0.300. The number of aromatic hydroxyl groups is 1. The van der Waals surface area contributed by atoms with Gasteiger partial charge in [-0.25, -0.2) is 13.5 Å². The Morgan fingerprint density at radius 3 is 2.69 bits per heavy atom. The van der Waals surface area contributed by atoms with E-state index in [0.29, 0.717) is 0 Å². The van der Waals surface area contributed by atoms with Gasteiger partial charge in [0.1, 0.15) is 0 Å². The van der Waals surface area contributed by atoms with Gasteiger partial charge in [0, 0.05) is 12.1 Å². The maximum absolute atomic E-state index is 13.0. The highest BCUT2D eigenvalue weighted by atomic mass is 32.1. The van der Waals surface area contributed by atoms with Crippen LogP contribution in [0.4, 0.5) is 14.9 Å². The molecule has 0 atom stereocenters. The summed E-state index contributed by atoms with van der Waals surface area (Å²) < 4.78 is 14.0. The molecule has 0 spiro atoms. The van der Waals surface area contributed by atoms with E-state index in [9.17, 15) is 9.18 Å². The summed E-state index contributed by atoms with van der Waals surface area (Å²) in [6.07, 6.45) is 0. The summed E-state index contributed by atoms with van der Waals surface area (Å²) in [6.45, 7) is 3.61. The molecule has 0 unspecified atom stereocenters. The monoisotopic (exact) mass is 244 g/mol. The van der Waals surface area contributed by atoms with Gasteiger partial charge < -0.3 is 10.4 Å². The Morgan fingerprint density at radius 2 is 2.19 bits per heavy atom. The van der Waals surface area contributed by atoms with E-state index in [1.807, 2.05) is 0 Å². The molecular formula is C10H13FN2O2S. The van der Waals surface area contributed by atoms with E-state index in [4.69, 9.17) is 5.11 Å². The van der Waals surface area contributed by atoms with E-state index in [2.05, 4.69) is 18.1 Å². The fourth-order valence-electron chi connectivity index (χ4n) is 1.05. The second-order valence-corrected chi connectivity index (χ2v) is 3.95. The van der Waals surface area contributed by atoms with E-state index in [1.165, 1.54) is 6.07 Å². The van der Waals surface area contributed by atoms with Crippen molar-refractivity contribution < 1.29 is 14.3 Å². The molecule has 1 rings (SSSR count). The smallest absolute Gasteiger partial charge is 0.332 e. The van der Waals surface area contributed by atoms with Gasteiger partial charge >= 0.3 is 6.03 Å². The van der Waals surface area contributed by atoms with Gasteiger partial charge in [0.2, 0.25) is 0 Å². The highest BCUT2D eigenvalue weighted by Gasteiger charge is 2.14. The molecule has 0 heterocycles. The van der Waals surface area contributed by atoms with Gasteiger partial charge in [0.15, 0.2) is 11.6 Å². The lowest BCUT2D eigenvalue weighted by atomic mass is 10.3. The summed E-state index contributed by atoms with van der Waals surface area (Å²) in [4.78, 5) is 11.5. The Morgan fingerprint density at radius 1 is 1.56 bits per heavy atom. The van der Waals surface area contributed by atoms with Crippen LogP contribution in [-0.2, 0) is 0 Å². The number of hydrogen-bond donors (Lipinski definition) is 3. The number of phenols is 1. The Hall–Kier alpha value is -1.43. The van der Waals surface area contributed by atoms with Crippen molar-refractivity contribution in [2.75, 3.05) is 4.31 Å². The van der Waals surface area contributed by atoms with Crippen LogP contribution in [0.1, 0.15) is 13.8 Å². The predicted molar refractivity (Wildman–Crippen MR) is 63.2 cm³/mol. The van der Waals surface area contributed by atoms with Crippen LogP contribution in [0.3, 0.4) is 0 Å². The molecule has 0 aliphatic rings.